The van der Waals surface area contributed by atoms with Gasteiger partial charge in [0.15, 0.2) is 0 Å². The largest absolute Gasteiger partial charge is 0.367 e. The number of nitrogens with zero attached hydrogens (tertiary/aromatic N) is 2. The van der Waals surface area contributed by atoms with E-state index in [1.165, 1.54) is 19.0 Å². The number of aryl methyl sites for hydroxylation is 1. The highest BCUT2D eigenvalue weighted by Crippen LogP contribution is 2.35. The number of halogens is 1. The van der Waals surface area contributed by atoms with Gasteiger partial charge in [-0.05, 0) is 19.8 Å². The Morgan fingerprint density at radius 1 is 1.42 bits per heavy atom. The van der Waals surface area contributed by atoms with Crippen LogP contribution in [-0.2, 0) is 11.8 Å². The highest BCUT2D eigenvalue weighted by atomic mass is 35.5. The topological polar surface area (TPSA) is 44.1 Å². The molecule has 0 radical (unpaired) electrons. The molecule has 0 aliphatic heterocycles. The summed E-state index contributed by atoms with van der Waals surface area (Å²) in [5.41, 5.74) is -0.236. The lowest BCUT2D eigenvalue weighted by atomic mass is 9.87. The van der Waals surface area contributed by atoms with Crippen molar-refractivity contribution in [3.63, 3.8) is 0 Å². The summed E-state index contributed by atoms with van der Waals surface area (Å²) in [5.74, 6) is -0.0127. The third kappa shape index (κ3) is 2.84. The molecule has 1 fully saturated rings. The first-order valence-electron chi connectivity index (χ1n) is 6.97. The minimum atomic E-state index is -0.706. The van der Waals surface area contributed by atoms with Crippen LogP contribution in [0.25, 0.3) is 0 Å². The molecule has 0 atom stereocenters. The third-order valence-electron chi connectivity index (χ3n) is 3.85. The van der Waals surface area contributed by atoms with Crippen LogP contribution in [0.3, 0.4) is 0 Å². The van der Waals surface area contributed by atoms with Crippen LogP contribution >= 0.6 is 11.6 Å². The van der Waals surface area contributed by atoms with Gasteiger partial charge in [-0.2, -0.15) is 5.10 Å². The number of Topliss-reactive ketones (excluding diaryl/α,β-unsaturated/α-hetero) is 1. The molecule has 2 rings (SSSR count). The van der Waals surface area contributed by atoms with E-state index in [2.05, 4.69) is 5.10 Å². The number of aromatic nitrogens is 2. The van der Waals surface area contributed by atoms with Crippen LogP contribution in [0.2, 0.25) is 5.02 Å². The second-order valence-electron chi connectivity index (χ2n) is 5.14. The molecule has 0 bridgehead atoms. The first-order chi connectivity index (χ1) is 9.10. The summed E-state index contributed by atoms with van der Waals surface area (Å²) >= 11 is 6.10. The van der Waals surface area contributed by atoms with Crippen molar-refractivity contribution in [3.05, 3.63) is 16.9 Å². The molecule has 0 saturated heterocycles. The van der Waals surface area contributed by atoms with Gasteiger partial charge in [-0.3, -0.25) is 9.48 Å². The van der Waals surface area contributed by atoms with Crippen LogP contribution in [0.5, 0.6) is 0 Å². The van der Waals surface area contributed by atoms with Crippen molar-refractivity contribution in [2.45, 2.75) is 51.0 Å². The van der Waals surface area contributed by atoms with E-state index in [-0.39, 0.29) is 5.78 Å². The van der Waals surface area contributed by atoms with Gasteiger partial charge < -0.3 is 4.74 Å². The first-order valence-corrected chi connectivity index (χ1v) is 7.35. The Morgan fingerprint density at radius 2 is 2.05 bits per heavy atom. The maximum absolute atomic E-state index is 12.9. The van der Waals surface area contributed by atoms with Crippen LogP contribution in [0.4, 0.5) is 0 Å². The molecule has 0 N–H and O–H groups in total. The van der Waals surface area contributed by atoms with E-state index in [4.69, 9.17) is 16.3 Å². The fourth-order valence-corrected chi connectivity index (χ4v) is 3.15. The molecular formula is C14H21ClN2O2. The fourth-order valence-electron chi connectivity index (χ4n) is 2.89. The molecule has 5 heteroatoms. The lowest BCUT2D eigenvalue weighted by Gasteiger charge is -2.31. The van der Waals surface area contributed by atoms with Gasteiger partial charge in [0.2, 0.25) is 5.78 Å². The van der Waals surface area contributed by atoms with Gasteiger partial charge in [0.1, 0.15) is 11.3 Å². The van der Waals surface area contributed by atoms with Gasteiger partial charge in [0.05, 0.1) is 11.2 Å². The molecule has 106 valence electrons. The molecule has 0 aromatic carbocycles. The Morgan fingerprint density at radius 3 is 2.53 bits per heavy atom. The Hall–Kier alpha value is -0.870. The molecule has 1 aromatic rings. The van der Waals surface area contributed by atoms with Gasteiger partial charge in [0, 0.05) is 13.7 Å². The van der Waals surface area contributed by atoms with Crippen LogP contribution < -0.4 is 0 Å². The average Bonchev–Trinajstić information content (AvgIpc) is 2.61. The van der Waals surface area contributed by atoms with Crippen molar-refractivity contribution in [1.82, 2.24) is 9.78 Å². The number of hydrogen-bond donors (Lipinski definition) is 0. The summed E-state index contributed by atoms with van der Waals surface area (Å²) in [6.07, 6.45) is 7.47. The minimum Gasteiger partial charge on any atom is -0.367 e. The Bertz CT molecular complexity index is 429. The standard InChI is InChI=1S/C14H21ClN2O2/c1-3-19-14(8-6-4-5-7-9-14)13(18)12-11(15)10-16-17(12)2/h10H,3-9H2,1-2H3. The second-order valence-corrected chi connectivity index (χ2v) is 5.54. The number of carbonyl (C=O) groups excluding carboxylic acids is 1. The normalized spacial score (nSPS) is 19.1. The second kappa shape index (κ2) is 6.06. The Balaban J connectivity index is 2.35. The maximum atomic E-state index is 12.9. The lowest BCUT2D eigenvalue weighted by Crippen LogP contribution is -2.42. The van der Waals surface area contributed by atoms with E-state index in [1.807, 2.05) is 6.92 Å². The predicted molar refractivity (Wildman–Crippen MR) is 74.6 cm³/mol. The molecule has 1 aliphatic rings. The SMILES string of the molecule is CCOC1(C(=O)c2c(Cl)cnn2C)CCCCCC1. The van der Waals surface area contributed by atoms with Crippen molar-refractivity contribution >= 4 is 17.4 Å². The molecular weight excluding hydrogens is 264 g/mol. The quantitative estimate of drug-likeness (QED) is 0.629. The maximum Gasteiger partial charge on any atom is 0.214 e. The first kappa shape index (κ1) is 14.5. The molecule has 1 aliphatic carbocycles. The highest BCUT2D eigenvalue weighted by molar-refractivity contribution is 6.34. The van der Waals surface area contributed by atoms with E-state index in [0.717, 1.165) is 25.7 Å². The third-order valence-corrected chi connectivity index (χ3v) is 4.13. The van der Waals surface area contributed by atoms with Gasteiger partial charge in [0.25, 0.3) is 0 Å². The number of carbonyl (C=O) groups is 1. The van der Waals surface area contributed by atoms with E-state index in [9.17, 15) is 4.79 Å². The van der Waals surface area contributed by atoms with Gasteiger partial charge >= 0.3 is 0 Å². The Labute approximate surface area is 119 Å². The van der Waals surface area contributed by atoms with Crippen LogP contribution in [0.15, 0.2) is 6.20 Å². The number of hydrogen-bond acceptors (Lipinski definition) is 3. The van der Waals surface area contributed by atoms with Crippen molar-refractivity contribution in [1.29, 1.82) is 0 Å². The van der Waals surface area contributed by atoms with Crippen LogP contribution in [0.1, 0.15) is 55.9 Å². The Kier molecular flexibility index (Phi) is 4.63. The summed E-state index contributed by atoms with van der Waals surface area (Å²) in [6.45, 7) is 2.48. The predicted octanol–water partition coefficient (Wildman–Crippen LogP) is 3.39. The van der Waals surface area contributed by atoms with Crippen LogP contribution in [0, 0.1) is 0 Å². The molecule has 0 unspecified atom stereocenters. The van der Waals surface area contributed by atoms with Gasteiger partial charge in [-0.1, -0.05) is 37.3 Å². The summed E-state index contributed by atoms with van der Waals surface area (Å²) in [6, 6.07) is 0. The zero-order valence-electron chi connectivity index (χ0n) is 11.6. The van der Waals surface area contributed by atoms with Crippen LogP contribution in [-0.4, -0.2) is 27.8 Å². The van der Waals surface area contributed by atoms with E-state index in [1.54, 1.807) is 11.7 Å². The molecule has 1 aromatic heterocycles. The molecule has 0 amide bonds. The number of ketones is 1. The highest BCUT2D eigenvalue weighted by Gasteiger charge is 2.41. The zero-order chi connectivity index (χ0) is 13.9. The average molecular weight is 285 g/mol. The molecule has 1 saturated carbocycles. The van der Waals surface area contributed by atoms with Gasteiger partial charge in [-0.25, -0.2) is 0 Å². The zero-order valence-corrected chi connectivity index (χ0v) is 12.4. The summed E-state index contributed by atoms with van der Waals surface area (Å²) in [5, 5.41) is 4.47. The van der Waals surface area contributed by atoms with E-state index < -0.39 is 5.60 Å². The van der Waals surface area contributed by atoms with Crippen molar-refractivity contribution in [2.24, 2.45) is 7.05 Å². The van der Waals surface area contributed by atoms with E-state index >= 15 is 0 Å². The molecule has 1 heterocycles. The minimum absolute atomic E-state index is 0.0127. The van der Waals surface area contributed by atoms with Crippen molar-refractivity contribution in [2.75, 3.05) is 6.61 Å². The van der Waals surface area contributed by atoms with Crippen molar-refractivity contribution < 1.29 is 9.53 Å². The van der Waals surface area contributed by atoms with Crippen molar-refractivity contribution in [3.8, 4) is 0 Å². The molecule has 19 heavy (non-hydrogen) atoms. The summed E-state index contributed by atoms with van der Waals surface area (Å²) < 4.78 is 7.45. The number of ether oxygens (including phenoxy) is 1. The summed E-state index contributed by atoms with van der Waals surface area (Å²) in [4.78, 5) is 12.9. The smallest absolute Gasteiger partial charge is 0.214 e. The lowest BCUT2D eigenvalue weighted by molar-refractivity contribution is -0.0298. The van der Waals surface area contributed by atoms with E-state index in [0.29, 0.717) is 17.3 Å². The fraction of sp³-hybridized carbons (Fsp3) is 0.714. The number of rotatable bonds is 4. The monoisotopic (exact) mass is 284 g/mol. The summed E-state index contributed by atoms with van der Waals surface area (Å²) in [7, 11) is 1.75. The molecule has 0 spiro atoms. The van der Waals surface area contributed by atoms with Gasteiger partial charge in [-0.15, -0.1) is 0 Å². The molecule has 4 nitrogen and oxygen atoms in total.